The standard InChI is InChI=1S/C24H28N6O4/c1-14(2)21(28-22(32)18-9-7-6-8-10-18)23(33)34-13-20(31)27-19-12-17(5)29-30(19)24-25-15(3)11-16(4)26-24/h6-12,14,21H,13H2,1-5H3,(H,27,31)(H,28,32). The highest BCUT2D eigenvalue weighted by atomic mass is 16.5. The van der Waals surface area contributed by atoms with E-state index in [9.17, 15) is 14.4 Å². The van der Waals surface area contributed by atoms with Crippen molar-refractivity contribution in [3.63, 3.8) is 0 Å². The van der Waals surface area contributed by atoms with Crippen LogP contribution in [0, 0.1) is 26.7 Å². The third-order valence-electron chi connectivity index (χ3n) is 4.85. The minimum absolute atomic E-state index is 0.242. The number of aryl methyl sites for hydroxylation is 3. The highest BCUT2D eigenvalue weighted by Crippen LogP contribution is 2.15. The van der Waals surface area contributed by atoms with E-state index in [1.807, 2.05) is 19.9 Å². The van der Waals surface area contributed by atoms with E-state index in [0.29, 0.717) is 23.0 Å². The summed E-state index contributed by atoms with van der Waals surface area (Å²) in [7, 11) is 0. The lowest BCUT2D eigenvalue weighted by Crippen LogP contribution is -2.45. The molecule has 3 aromatic rings. The summed E-state index contributed by atoms with van der Waals surface area (Å²) in [6, 6.07) is 11.2. The Bertz CT molecular complexity index is 1170. The second kappa shape index (κ2) is 10.7. The Hall–Kier alpha value is -4.08. The van der Waals surface area contributed by atoms with Gasteiger partial charge in [0.25, 0.3) is 17.8 Å². The van der Waals surface area contributed by atoms with Gasteiger partial charge < -0.3 is 15.4 Å². The van der Waals surface area contributed by atoms with Crippen LogP contribution in [0.3, 0.4) is 0 Å². The third kappa shape index (κ3) is 6.25. The minimum atomic E-state index is -0.906. The summed E-state index contributed by atoms with van der Waals surface area (Å²) in [5.41, 5.74) is 2.60. The first-order chi connectivity index (χ1) is 16.1. The van der Waals surface area contributed by atoms with Crippen molar-refractivity contribution in [1.29, 1.82) is 0 Å². The summed E-state index contributed by atoms with van der Waals surface area (Å²) in [4.78, 5) is 46.3. The number of ether oxygens (including phenoxy) is 1. The van der Waals surface area contributed by atoms with Crippen molar-refractivity contribution in [3.05, 3.63) is 65.1 Å². The third-order valence-corrected chi connectivity index (χ3v) is 4.85. The molecule has 0 aliphatic heterocycles. The molecule has 0 spiro atoms. The zero-order valence-electron chi connectivity index (χ0n) is 19.8. The average molecular weight is 465 g/mol. The first-order valence-electron chi connectivity index (χ1n) is 10.9. The van der Waals surface area contributed by atoms with E-state index < -0.39 is 30.4 Å². The summed E-state index contributed by atoms with van der Waals surface area (Å²) in [5, 5.41) is 9.70. The molecule has 2 N–H and O–H groups in total. The molecule has 0 radical (unpaired) electrons. The predicted octanol–water partition coefficient (Wildman–Crippen LogP) is 2.52. The molecule has 0 saturated heterocycles. The van der Waals surface area contributed by atoms with Gasteiger partial charge in [-0.2, -0.15) is 9.78 Å². The number of esters is 1. The fourth-order valence-corrected chi connectivity index (χ4v) is 3.26. The number of rotatable bonds is 8. The molecule has 0 saturated carbocycles. The van der Waals surface area contributed by atoms with Crippen molar-refractivity contribution < 1.29 is 19.1 Å². The Labute approximate surface area is 197 Å². The van der Waals surface area contributed by atoms with Crippen LogP contribution in [0.4, 0.5) is 5.82 Å². The molecule has 34 heavy (non-hydrogen) atoms. The summed E-state index contributed by atoms with van der Waals surface area (Å²) in [5.74, 6) is -1.22. The largest absolute Gasteiger partial charge is 0.454 e. The molecule has 0 bridgehead atoms. The first-order valence-corrected chi connectivity index (χ1v) is 10.9. The van der Waals surface area contributed by atoms with E-state index >= 15 is 0 Å². The lowest BCUT2D eigenvalue weighted by molar-refractivity contribution is -0.150. The summed E-state index contributed by atoms with van der Waals surface area (Å²) >= 11 is 0. The van der Waals surface area contributed by atoms with Crippen molar-refractivity contribution in [1.82, 2.24) is 25.1 Å². The number of benzene rings is 1. The average Bonchev–Trinajstić information content (AvgIpc) is 3.15. The molecule has 2 aromatic heterocycles. The number of anilines is 1. The van der Waals surface area contributed by atoms with E-state index in [0.717, 1.165) is 11.4 Å². The number of nitrogens with zero attached hydrogens (tertiary/aromatic N) is 4. The molecular formula is C24H28N6O4. The molecule has 10 heteroatoms. The fraction of sp³-hybridized carbons (Fsp3) is 0.333. The molecule has 1 atom stereocenters. The number of carbonyl (C=O) groups is 3. The highest BCUT2D eigenvalue weighted by molar-refractivity contribution is 5.97. The van der Waals surface area contributed by atoms with Crippen LogP contribution in [0.5, 0.6) is 0 Å². The number of aromatic nitrogens is 4. The molecule has 3 rings (SSSR count). The van der Waals surface area contributed by atoms with Gasteiger partial charge in [-0.3, -0.25) is 9.59 Å². The van der Waals surface area contributed by atoms with Crippen molar-refractivity contribution in [3.8, 4) is 5.95 Å². The van der Waals surface area contributed by atoms with E-state index in [2.05, 4.69) is 25.7 Å². The molecular weight excluding hydrogens is 436 g/mol. The summed E-state index contributed by atoms with van der Waals surface area (Å²) < 4.78 is 6.62. The Morgan fingerprint density at radius 2 is 1.62 bits per heavy atom. The summed E-state index contributed by atoms with van der Waals surface area (Å²) in [6.07, 6.45) is 0. The zero-order valence-corrected chi connectivity index (χ0v) is 19.8. The van der Waals surface area contributed by atoms with Crippen LogP contribution < -0.4 is 10.6 Å². The molecule has 0 aliphatic rings. The van der Waals surface area contributed by atoms with Crippen molar-refractivity contribution in [2.24, 2.45) is 5.92 Å². The van der Waals surface area contributed by atoms with Gasteiger partial charge in [0.05, 0.1) is 5.69 Å². The van der Waals surface area contributed by atoms with E-state index in [4.69, 9.17) is 4.74 Å². The molecule has 0 fully saturated rings. The normalized spacial score (nSPS) is 11.7. The molecule has 0 aliphatic carbocycles. The number of nitrogens with one attached hydrogen (secondary N) is 2. The quantitative estimate of drug-likeness (QED) is 0.490. The zero-order chi connectivity index (χ0) is 24.8. The first kappa shape index (κ1) is 24.6. The summed E-state index contributed by atoms with van der Waals surface area (Å²) in [6.45, 7) is 8.49. The fourth-order valence-electron chi connectivity index (χ4n) is 3.26. The van der Waals surface area contributed by atoms with Crippen LogP contribution in [0.25, 0.3) is 5.95 Å². The number of hydrogen-bond acceptors (Lipinski definition) is 7. The second-order valence-electron chi connectivity index (χ2n) is 8.25. The molecule has 2 heterocycles. The molecule has 1 aromatic carbocycles. The van der Waals surface area contributed by atoms with Gasteiger partial charge in [-0.15, -0.1) is 0 Å². The van der Waals surface area contributed by atoms with Gasteiger partial charge in [-0.05, 0) is 44.9 Å². The van der Waals surface area contributed by atoms with Gasteiger partial charge >= 0.3 is 5.97 Å². The van der Waals surface area contributed by atoms with Crippen molar-refractivity contribution in [2.45, 2.75) is 40.7 Å². The minimum Gasteiger partial charge on any atom is -0.454 e. The maximum atomic E-state index is 12.6. The van der Waals surface area contributed by atoms with Crippen LogP contribution in [-0.2, 0) is 14.3 Å². The molecule has 10 nitrogen and oxygen atoms in total. The van der Waals surface area contributed by atoms with Crippen LogP contribution in [0.1, 0.15) is 41.3 Å². The highest BCUT2D eigenvalue weighted by Gasteiger charge is 2.27. The number of amides is 2. The number of carbonyl (C=O) groups excluding carboxylic acids is 3. The molecule has 2 amide bonds. The topological polar surface area (TPSA) is 128 Å². The van der Waals surface area contributed by atoms with Gasteiger partial charge in [-0.1, -0.05) is 32.0 Å². The van der Waals surface area contributed by atoms with Crippen LogP contribution in [0.2, 0.25) is 0 Å². The van der Waals surface area contributed by atoms with E-state index in [1.54, 1.807) is 57.2 Å². The van der Waals surface area contributed by atoms with Gasteiger partial charge in [0.15, 0.2) is 6.61 Å². The Kier molecular flexibility index (Phi) is 7.72. The van der Waals surface area contributed by atoms with Gasteiger partial charge in [-0.25, -0.2) is 14.8 Å². The maximum Gasteiger partial charge on any atom is 0.329 e. The Morgan fingerprint density at radius 1 is 0.971 bits per heavy atom. The maximum absolute atomic E-state index is 12.6. The molecule has 1 unspecified atom stereocenters. The Balaban J connectivity index is 1.64. The van der Waals surface area contributed by atoms with Crippen LogP contribution in [0.15, 0.2) is 42.5 Å². The van der Waals surface area contributed by atoms with Crippen LogP contribution >= 0.6 is 0 Å². The lowest BCUT2D eigenvalue weighted by Gasteiger charge is -2.20. The smallest absolute Gasteiger partial charge is 0.329 e. The SMILES string of the molecule is Cc1cc(C)nc(-n2nc(C)cc2NC(=O)COC(=O)C(NC(=O)c2ccccc2)C(C)C)n1. The second-order valence-corrected chi connectivity index (χ2v) is 8.25. The van der Waals surface area contributed by atoms with E-state index in [-0.39, 0.29) is 5.92 Å². The Morgan fingerprint density at radius 3 is 2.24 bits per heavy atom. The van der Waals surface area contributed by atoms with Crippen molar-refractivity contribution >= 4 is 23.6 Å². The number of hydrogen-bond donors (Lipinski definition) is 2. The van der Waals surface area contributed by atoms with Gasteiger partial charge in [0.2, 0.25) is 0 Å². The monoisotopic (exact) mass is 464 g/mol. The van der Waals surface area contributed by atoms with Crippen molar-refractivity contribution in [2.75, 3.05) is 11.9 Å². The van der Waals surface area contributed by atoms with E-state index in [1.165, 1.54) is 4.68 Å². The van der Waals surface area contributed by atoms with Crippen LogP contribution in [-0.4, -0.2) is 50.2 Å². The van der Waals surface area contributed by atoms with Gasteiger partial charge in [0.1, 0.15) is 11.9 Å². The predicted molar refractivity (Wildman–Crippen MR) is 125 cm³/mol. The molecule has 178 valence electrons. The van der Waals surface area contributed by atoms with Gasteiger partial charge in [0, 0.05) is 23.0 Å². The lowest BCUT2D eigenvalue weighted by atomic mass is 10.0.